The Balaban J connectivity index is 0.00000400. The summed E-state index contributed by atoms with van der Waals surface area (Å²) in [7, 11) is 0. The van der Waals surface area contributed by atoms with Crippen LogP contribution in [0, 0.1) is 5.92 Å². The van der Waals surface area contributed by atoms with Crippen LogP contribution in [0.5, 0.6) is 0 Å². The van der Waals surface area contributed by atoms with Crippen LogP contribution in [0.2, 0.25) is 0 Å². The molecule has 0 amide bonds. The standard InChI is InChI=1S/C15H32N4S.HI/c1-5-18(6-2)14(11-13(3)4)12-17-15(16)19-7-9-20-10-8-19;/h13-14H,5-12H2,1-4H3,(H2,16,17);1H. The fourth-order valence-electron chi connectivity index (χ4n) is 2.71. The monoisotopic (exact) mass is 428 g/mol. The topological polar surface area (TPSA) is 44.9 Å². The Morgan fingerprint density at radius 3 is 2.29 bits per heavy atom. The van der Waals surface area contributed by atoms with Gasteiger partial charge in [-0.3, -0.25) is 9.89 Å². The number of aliphatic imine (C=N–C) groups is 1. The molecule has 0 bridgehead atoms. The summed E-state index contributed by atoms with van der Waals surface area (Å²) < 4.78 is 0. The summed E-state index contributed by atoms with van der Waals surface area (Å²) in [4.78, 5) is 9.42. The highest BCUT2D eigenvalue weighted by Crippen LogP contribution is 2.13. The van der Waals surface area contributed by atoms with Gasteiger partial charge in [-0.1, -0.05) is 27.7 Å². The molecule has 0 aliphatic carbocycles. The molecule has 126 valence electrons. The quantitative estimate of drug-likeness (QED) is 0.385. The molecule has 0 spiro atoms. The maximum Gasteiger partial charge on any atom is 0.191 e. The smallest absolute Gasteiger partial charge is 0.191 e. The van der Waals surface area contributed by atoms with Crippen molar-refractivity contribution < 1.29 is 0 Å². The molecule has 1 rings (SSSR count). The van der Waals surface area contributed by atoms with Gasteiger partial charge in [-0.2, -0.15) is 11.8 Å². The van der Waals surface area contributed by atoms with E-state index in [1.807, 2.05) is 11.8 Å². The number of hydrogen-bond donors (Lipinski definition) is 1. The van der Waals surface area contributed by atoms with Gasteiger partial charge in [-0.15, -0.1) is 24.0 Å². The average Bonchev–Trinajstić information content (AvgIpc) is 2.45. The van der Waals surface area contributed by atoms with Gasteiger partial charge in [0.2, 0.25) is 0 Å². The van der Waals surface area contributed by atoms with Crippen LogP contribution in [-0.2, 0) is 0 Å². The van der Waals surface area contributed by atoms with Crippen molar-refractivity contribution in [2.45, 2.75) is 40.2 Å². The first-order chi connectivity index (χ1) is 9.58. The van der Waals surface area contributed by atoms with Crippen LogP contribution in [0.15, 0.2) is 4.99 Å². The van der Waals surface area contributed by atoms with Crippen molar-refractivity contribution in [2.75, 3.05) is 44.2 Å². The average molecular weight is 428 g/mol. The van der Waals surface area contributed by atoms with E-state index < -0.39 is 0 Å². The molecule has 1 unspecified atom stereocenters. The highest BCUT2D eigenvalue weighted by Gasteiger charge is 2.18. The van der Waals surface area contributed by atoms with Gasteiger partial charge < -0.3 is 10.6 Å². The molecule has 1 atom stereocenters. The summed E-state index contributed by atoms with van der Waals surface area (Å²) in [5.41, 5.74) is 6.16. The Morgan fingerprint density at radius 2 is 1.81 bits per heavy atom. The van der Waals surface area contributed by atoms with E-state index in [9.17, 15) is 0 Å². The van der Waals surface area contributed by atoms with Crippen LogP contribution < -0.4 is 5.73 Å². The number of halogens is 1. The van der Waals surface area contributed by atoms with E-state index in [0.29, 0.717) is 12.0 Å². The maximum absolute atomic E-state index is 6.16. The fourth-order valence-corrected chi connectivity index (χ4v) is 3.62. The number of likely N-dealkylation sites (N-methyl/N-ethyl adjacent to an activating group) is 1. The van der Waals surface area contributed by atoms with Gasteiger partial charge in [0.1, 0.15) is 0 Å². The number of rotatable bonds is 7. The highest BCUT2D eigenvalue weighted by molar-refractivity contribution is 14.0. The molecule has 0 saturated carbocycles. The van der Waals surface area contributed by atoms with Crippen LogP contribution in [-0.4, -0.2) is 66.0 Å². The summed E-state index contributed by atoms with van der Waals surface area (Å²) in [6, 6.07) is 0.516. The lowest BCUT2D eigenvalue weighted by molar-refractivity contribution is 0.196. The number of thioether (sulfide) groups is 1. The van der Waals surface area contributed by atoms with E-state index in [-0.39, 0.29) is 24.0 Å². The molecule has 0 radical (unpaired) electrons. The van der Waals surface area contributed by atoms with E-state index in [1.54, 1.807) is 0 Å². The molecule has 0 aromatic carbocycles. The van der Waals surface area contributed by atoms with E-state index in [0.717, 1.165) is 38.7 Å². The van der Waals surface area contributed by atoms with E-state index in [2.05, 4.69) is 42.5 Å². The van der Waals surface area contributed by atoms with E-state index in [1.165, 1.54) is 17.9 Å². The van der Waals surface area contributed by atoms with Gasteiger partial charge >= 0.3 is 0 Å². The second kappa shape index (κ2) is 11.8. The first-order valence-electron chi connectivity index (χ1n) is 7.95. The maximum atomic E-state index is 6.16. The zero-order valence-electron chi connectivity index (χ0n) is 14.0. The van der Waals surface area contributed by atoms with Crippen LogP contribution in [0.3, 0.4) is 0 Å². The summed E-state index contributed by atoms with van der Waals surface area (Å²) >= 11 is 2.00. The van der Waals surface area contributed by atoms with Gasteiger partial charge in [-0.05, 0) is 25.4 Å². The molecule has 1 aliphatic rings. The Hall–Kier alpha value is 0.310. The third-order valence-corrected chi connectivity index (χ3v) is 4.81. The van der Waals surface area contributed by atoms with Gasteiger partial charge in [0, 0.05) is 30.6 Å². The molecule has 0 aromatic rings. The molecule has 0 aromatic heterocycles. The molecule has 1 fully saturated rings. The lowest BCUT2D eigenvalue weighted by Crippen LogP contribution is -2.44. The van der Waals surface area contributed by atoms with Crippen molar-refractivity contribution in [3.63, 3.8) is 0 Å². The predicted octanol–water partition coefficient (Wildman–Crippen LogP) is 2.72. The normalized spacial score (nSPS) is 18.0. The molecule has 21 heavy (non-hydrogen) atoms. The third-order valence-electron chi connectivity index (χ3n) is 3.87. The number of nitrogens with two attached hydrogens (primary N) is 1. The third kappa shape index (κ3) is 7.93. The van der Waals surface area contributed by atoms with Crippen molar-refractivity contribution in [3.05, 3.63) is 0 Å². The summed E-state index contributed by atoms with van der Waals surface area (Å²) in [6.07, 6.45) is 1.19. The van der Waals surface area contributed by atoms with Crippen molar-refractivity contribution in [2.24, 2.45) is 16.6 Å². The largest absolute Gasteiger partial charge is 0.370 e. The van der Waals surface area contributed by atoms with E-state index >= 15 is 0 Å². The van der Waals surface area contributed by atoms with Crippen LogP contribution >= 0.6 is 35.7 Å². The van der Waals surface area contributed by atoms with Crippen LogP contribution in [0.25, 0.3) is 0 Å². The lowest BCUT2D eigenvalue weighted by atomic mass is 10.0. The zero-order chi connectivity index (χ0) is 15.0. The number of guanidine groups is 1. The predicted molar refractivity (Wildman–Crippen MR) is 107 cm³/mol. The summed E-state index contributed by atoms with van der Waals surface area (Å²) in [6.45, 7) is 14.1. The fraction of sp³-hybridized carbons (Fsp3) is 0.933. The van der Waals surface area contributed by atoms with E-state index in [4.69, 9.17) is 5.73 Å². The molecule has 6 heteroatoms. The summed E-state index contributed by atoms with van der Waals surface area (Å²) in [5.74, 6) is 3.78. The molecular formula is C15H33IN4S. The van der Waals surface area contributed by atoms with Crippen LogP contribution in [0.1, 0.15) is 34.1 Å². The van der Waals surface area contributed by atoms with Crippen molar-refractivity contribution in [1.82, 2.24) is 9.80 Å². The van der Waals surface area contributed by atoms with Crippen molar-refractivity contribution in [1.29, 1.82) is 0 Å². The molecule has 1 aliphatic heterocycles. The minimum absolute atomic E-state index is 0. The Kier molecular flexibility index (Phi) is 12.0. The van der Waals surface area contributed by atoms with Crippen LogP contribution in [0.4, 0.5) is 0 Å². The molecule has 1 heterocycles. The van der Waals surface area contributed by atoms with Gasteiger partial charge in [0.05, 0.1) is 6.54 Å². The van der Waals surface area contributed by atoms with Gasteiger partial charge in [-0.25, -0.2) is 0 Å². The Labute approximate surface area is 152 Å². The first-order valence-corrected chi connectivity index (χ1v) is 9.10. The minimum atomic E-state index is 0. The molecular weight excluding hydrogens is 395 g/mol. The van der Waals surface area contributed by atoms with Crippen molar-refractivity contribution in [3.8, 4) is 0 Å². The lowest BCUT2D eigenvalue weighted by Gasteiger charge is -2.31. The van der Waals surface area contributed by atoms with Crippen molar-refractivity contribution >= 4 is 41.7 Å². The molecule has 2 N–H and O–H groups in total. The Bertz CT molecular complexity index is 289. The first kappa shape index (κ1) is 21.3. The molecule has 1 saturated heterocycles. The number of nitrogens with zero attached hydrogens (tertiary/aromatic N) is 3. The number of hydrogen-bond acceptors (Lipinski definition) is 3. The SMILES string of the molecule is CCN(CC)C(CN=C(N)N1CCSCC1)CC(C)C.I. The zero-order valence-corrected chi connectivity index (χ0v) is 17.2. The second-order valence-electron chi connectivity index (χ2n) is 5.80. The summed E-state index contributed by atoms with van der Waals surface area (Å²) in [5, 5.41) is 0. The second-order valence-corrected chi connectivity index (χ2v) is 7.03. The van der Waals surface area contributed by atoms with Gasteiger partial charge in [0.15, 0.2) is 5.96 Å². The van der Waals surface area contributed by atoms with Gasteiger partial charge in [0.25, 0.3) is 0 Å². The molecule has 4 nitrogen and oxygen atoms in total. The Morgan fingerprint density at radius 1 is 1.24 bits per heavy atom. The highest BCUT2D eigenvalue weighted by atomic mass is 127. The minimum Gasteiger partial charge on any atom is -0.370 e.